The van der Waals surface area contributed by atoms with E-state index in [1.807, 2.05) is 0 Å². The van der Waals surface area contributed by atoms with Gasteiger partial charge in [0.25, 0.3) is 0 Å². The fraction of sp³-hybridized carbons (Fsp3) is 0.231. The summed E-state index contributed by atoms with van der Waals surface area (Å²) < 4.78 is 45.1. The minimum atomic E-state index is -4.81. The number of carbonyl (C=O) groups excluding carboxylic acids is 1. The maximum atomic E-state index is 13.3. The summed E-state index contributed by atoms with van der Waals surface area (Å²) in [6.07, 6.45) is -4.01. The molecule has 0 amide bonds. The van der Waals surface area contributed by atoms with Crippen LogP contribution in [-0.2, 0) is 10.9 Å². The number of benzene rings is 1. The van der Waals surface area contributed by atoms with E-state index in [0.29, 0.717) is 4.68 Å². The van der Waals surface area contributed by atoms with Gasteiger partial charge in [0.05, 0.1) is 18.5 Å². The van der Waals surface area contributed by atoms with Crippen LogP contribution in [0.5, 0.6) is 0 Å². The molecule has 0 unspecified atom stereocenters. The first-order valence-corrected chi connectivity index (χ1v) is 6.78. The summed E-state index contributed by atoms with van der Waals surface area (Å²) in [7, 11) is 0. The van der Waals surface area contributed by atoms with Crippen molar-refractivity contribution in [2.24, 2.45) is 0 Å². The summed E-state index contributed by atoms with van der Waals surface area (Å²) in [4.78, 5) is 11.7. The van der Waals surface area contributed by atoms with Gasteiger partial charge in [-0.2, -0.15) is 18.3 Å². The predicted molar refractivity (Wildman–Crippen MR) is 74.5 cm³/mol. The molecule has 0 saturated heterocycles. The third kappa shape index (κ3) is 3.36. The topological polar surface area (TPSA) is 44.1 Å². The van der Waals surface area contributed by atoms with Gasteiger partial charge in [-0.1, -0.05) is 23.2 Å². The highest BCUT2D eigenvalue weighted by Crippen LogP contribution is 2.35. The lowest BCUT2D eigenvalue weighted by atomic mass is 10.2. The van der Waals surface area contributed by atoms with Gasteiger partial charge in [-0.3, -0.25) is 0 Å². The summed E-state index contributed by atoms with van der Waals surface area (Å²) in [6.45, 7) is 1.44. The number of halogens is 5. The molecule has 0 spiro atoms. The fourth-order valence-electron chi connectivity index (χ4n) is 1.84. The van der Waals surface area contributed by atoms with Crippen molar-refractivity contribution in [3.05, 3.63) is 45.7 Å². The predicted octanol–water partition coefficient (Wildman–Crippen LogP) is 4.37. The molecule has 0 bridgehead atoms. The Labute approximate surface area is 133 Å². The van der Waals surface area contributed by atoms with Crippen molar-refractivity contribution in [2.75, 3.05) is 6.61 Å². The van der Waals surface area contributed by atoms with Crippen molar-refractivity contribution in [3.8, 4) is 5.69 Å². The van der Waals surface area contributed by atoms with Crippen LogP contribution in [-0.4, -0.2) is 22.4 Å². The minimum absolute atomic E-state index is 0.0135. The Bertz CT molecular complexity index is 694. The van der Waals surface area contributed by atoms with Gasteiger partial charge in [0.1, 0.15) is 5.56 Å². The van der Waals surface area contributed by atoms with E-state index in [4.69, 9.17) is 23.2 Å². The number of esters is 1. The quantitative estimate of drug-likeness (QED) is 0.770. The summed E-state index contributed by atoms with van der Waals surface area (Å²) in [5.74, 6) is -1.10. The van der Waals surface area contributed by atoms with Crippen LogP contribution in [0.3, 0.4) is 0 Å². The lowest BCUT2D eigenvalue weighted by Crippen LogP contribution is -2.18. The summed E-state index contributed by atoms with van der Waals surface area (Å²) in [6, 6.07) is 3.88. The third-order valence-corrected chi connectivity index (χ3v) is 3.06. The Morgan fingerprint density at radius 3 is 2.36 bits per heavy atom. The minimum Gasteiger partial charge on any atom is -0.462 e. The maximum Gasteiger partial charge on any atom is 0.434 e. The van der Waals surface area contributed by atoms with Crippen molar-refractivity contribution in [1.82, 2.24) is 9.78 Å². The van der Waals surface area contributed by atoms with Crippen molar-refractivity contribution in [3.63, 3.8) is 0 Å². The lowest BCUT2D eigenvalue weighted by molar-refractivity contribution is -0.143. The van der Waals surface area contributed by atoms with Crippen LogP contribution < -0.4 is 0 Å². The second kappa shape index (κ2) is 6.18. The fourth-order valence-corrected chi connectivity index (χ4v) is 2.35. The average molecular weight is 353 g/mol. The number of hydrogen-bond acceptors (Lipinski definition) is 3. The van der Waals surface area contributed by atoms with Gasteiger partial charge in [0.15, 0.2) is 5.69 Å². The van der Waals surface area contributed by atoms with Crippen LogP contribution in [0.4, 0.5) is 13.2 Å². The van der Waals surface area contributed by atoms with Gasteiger partial charge in [-0.25, -0.2) is 9.48 Å². The van der Waals surface area contributed by atoms with E-state index in [1.54, 1.807) is 0 Å². The molecule has 2 aromatic rings. The Morgan fingerprint density at radius 2 is 1.86 bits per heavy atom. The maximum absolute atomic E-state index is 13.3. The SMILES string of the molecule is CCOC(=O)c1cnn(-c2cc(Cl)cc(Cl)c2)c1C(F)(F)F. The second-order valence-electron chi connectivity index (χ2n) is 4.16. The van der Waals surface area contributed by atoms with Crippen LogP contribution in [0.15, 0.2) is 24.4 Å². The molecular weight excluding hydrogens is 344 g/mol. The molecule has 2 rings (SSSR count). The molecule has 118 valence electrons. The summed E-state index contributed by atoms with van der Waals surface area (Å²) >= 11 is 11.6. The first-order valence-electron chi connectivity index (χ1n) is 6.03. The van der Waals surface area contributed by atoms with Crippen molar-refractivity contribution in [2.45, 2.75) is 13.1 Å². The van der Waals surface area contributed by atoms with E-state index in [9.17, 15) is 18.0 Å². The highest BCUT2D eigenvalue weighted by molar-refractivity contribution is 6.34. The van der Waals surface area contributed by atoms with E-state index in [2.05, 4.69) is 9.84 Å². The van der Waals surface area contributed by atoms with Crippen LogP contribution in [0.25, 0.3) is 5.69 Å². The second-order valence-corrected chi connectivity index (χ2v) is 5.04. The number of nitrogens with zero attached hydrogens (tertiary/aromatic N) is 2. The zero-order chi connectivity index (χ0) is 16.5. The van der Waals surface area contributed by atoms with E-state index in [1.165, 1.54) is 25.1 Å². The molecule has 0 N–H and O–H groups in total. The molecule has 0 aliphatic rings. The molecule has 0 saturated carbocycles. The Hall–Kier alpha value is -1.73. The highest BCUT2D eigenvalue weighted by atomic mass is 35.5. The van der Waals surface area contributed by atoms with Crippen LogP contribution >= 0.6 is 23.2 Å². The average Bonchev–Trinajstić information content (AvgIpc) is 2.82. The number of aromatic nitrogens is 2. The molecule has 1 heterocycles. The number of ether oxygens (including phenoxy) is 1. The first-order chi connectivity index (χ1) is 10.2. The molecule has 4 nitrogen and oxygen atoms in total. The van der Waals surface area contributed by atoms with Crippen LogP contribution in [0.1, 0.15) is 23.0 Å². The molecular formula is C13H9Cl2F3N2O2. The normalized spacial score (nSPS) is 11.5. The van der Waals surface area contributed by atoms with Crippen LogP contribution in [0.2, 0.25) is 10.0 Å². The number of rotatable bonds is 3. The van der Waals surface area contributed by atoms with Gasteiger partial charge >= 0.3 is 12.1 Å². The molecule has 1 aromatic heterocycles. The van der Waals surface area contributed by atoms with Gasteiger partial charge in [0.2, 0.25) is 0 Å². The molecule has 22 heavy (non-hydrogen) atoms. The molecule has 0 radical (unpaired) electrons. The number of carbonyl (C=O) groups is 1. The number of alkyl halides is 3. The first kappa shape index (κ1) is 16.6. The smallest absolute Gasteiger partial charge is 0.434 e. The van der Waals surface area contributed by atoms with Crippen molar-refractivity contribution in [1.29, 1.82) is 0 Å². The Kier molecular flexibility index (Phi) is 4.67. The molecule has 0 aliphatic heterocycles. The largest absolute Gasteiger partial charge is 0.462 e. The zero-order valence-corrected chi connectivity index (χ0v) is 12.6. The lowest BCUT2D eigenvalue weighted by Gasteiger charge is -2.12. The van der Waals surface area contributed by atoms with E-state index in [0.717, 1.165) is 6.20 Å². The summed E-state index contributed by atoms with van der Waals surface area (Å²) in [5, 5.41) is 3.90. The monoisotopic (exact) mass is 352 g/mol. The third-order valence-electron chi connectivity index (χ3n) is 2.62. The van der Waals surface area contributed by atoms with Crippen LogP contribution in [0, 0.1) is 0 Å². The molecule has 0 fully saturated rings. The Morgan fingerprint density at radius 1 is 1.27 bits per heavy atom. The molecule has 0 atom stereocenters. The standard InChI is InChI=1S/C13H9Cl2F3N2O2/c1-2-22-12(21)10-6-19-20(11(10)13(16,17)18)9-4-7(14)3-8(15)5-9/h3-6H,2H2,1H3. The Balaban J connectivity index is 2.64. The van der Waals surface area contributed by atoms with Gasteiger partial charge in [0, 0.05) is 10.0 Å². The van der Waals surface area contributed by atoms with E-state index in [-0.39, 0.29) is 22.3 Å². The van der Waals surface area contributed by atoms with E-state index < -0.39 is 23.4 Å². The molecule has 1 aromatic carbocycles. The summed E-state index contributed by atoms with van der Waals surface area (Å²) in [5.41, 5.74) is -1.94. The van der Waals surface area contributed by atoms with Crippen molar-refractivity contribution >= 4 is 29.2 Å². The van der Waals surface area contributed by atoms with Crippen molar-refractivity contribution < 1.29 is 22.7 Å². The van der Waals surface area contributed by atoms with E-state index >= 15 is 0 Å². The molecule has 9 heteroatoms. The van der Waals surface area contributed by atoms with Gasteiger partial charge < -0.3 is 4.74 Å². The van der Waals surface area contributed by atoms with Gasteiger partial charge in [-0.05, 0) is 25.1 Å². The highest BCUT2D eigenvalue weighted by Gasteiger charge is 2.41. The van der Waals surface area contributed by atoms with Gasteiger partial charge in [-0.15, -0.1) is 0 Å². The number of hydrogen-bond donors (Lipinski definition) is 0. The zero-order valence-electron chi connectivity index (χ0n) is 11.1. The molecule has 0 aliphatic carbocycles.